The molecule has 0 N–H and O–H groups in total. The van der Waals surface area contributed by atoms with Crippen molar-refractivity contribution >= 4 is 18.4 Å². The van der Waals surface area contributed by atoms with Crippen molar-refractivity contribution in [3.8, 4) is 0 Å². The fraction of sp³-hybridized carbons (Fsp3) is 0.923. The Labute approximate surface area is 111 Å². The van der Waals surface area contributed by atoms with Gasteiger partial charge in [0, 0.05) is 26.7 Å². The van der Waals surface area contributed by atoms with E-state index in [9.17, 15) is 0 Å². The smallest absolute Gasteiger partial charge is 0.196 e. The highest BCUT2D eigenvalue weighted by molar-refractivity contribution is 5.85. The molecule has 1 saturated carbocycles. The lowest BCUT2D eigenvalue weighted by Gasteiger charge is -2.53. The number of aliphatic imine (C=N–C) groups is 1. The van der Waals surface area contributed by atoms with Gasteiger partial charge in [-0.1, -0.05) is 13.3 Å². The second-order valence-corrected chi connectivity index (χ2v) is 5.93. The van der Waals surface area contributed by atoms with Crippen LogP contribution < -0.4 is 0 Å². The summed E-state index contributed by atoms with van der Waals surface area (Å²) in [5, 5.41) is 0. The summed E-state index contributed by atoms with van der Waals surface area (Å²) in [6.45, 7) is 7.03. The number of rotatable bonds is 0. The lowest BCUT2D eigenvalue weighted by Crippen LogP contribution is -2.55. The maximum Gasteiger partial charge on any atom is 0.196 e. The Morgan fingerprint density at radius 3 is 2.59 bits per heavy atom. The summed E-state index contributed by atoms with van der Waals surface area (Å²) in [6.07, 6.45) is 5.69. The molecule has 0 bridgehead atoms. The van der Waals surface area contributed by atoms with Crippen molar-refractivity contribution in [1.82, 2.24) is 9.80 Å². The van der Waals surface area contributed by atoms with Gasteiger partial charge in [-0.25, -0.2) is 0 Å². The first kappa shape index (κ1) is 13.0. The zero-order valence-electron chi connectivity index (χ0n) is 11.0. The molecule has 3 aliphatic rings. The number of halogens is 1. The number of guanidine groups is 1. The molecule has 2 heterocycles. The number of piperidine rings is 1. The van der Waals surface area contributed by atoms with E-state index in [0.717, 1.165) is 19.0 Å². The molecule has 0 aromatic carbocycles. The maximum absolute atomic E-state index is 4.66. The third kappa shape index (κ3) is 2.03. The average Bonchev–Trinajstić information content (AvgIpc) is 2.63. The van der Waals surface area contributed by atoms with Gasteiger partial charge in [0.25, 0.3) is 0 Å². The van der Waals surface area contributed by atoms with E-state index >= 15 is 0 Å². The predicted molar refractivity (Wildman–Crippen MR) is 73.8 cm³/mol. The Balaban J connectivity index is 0.00000108. The first-order valence-corrected chi connectivity index (χ1v) is 6.72. The fourth-order valence-electron chi connectivity index (χ4n) is 3.59. The zero-order valence-corrected chi connectivity index (χ0v) is 11.8. The van der Waals surface area contributed by atoms with Gasteiger partial charge in [0.1, 0.15) is 0 Å². The van der Waals surface area contributed by atoms with Crippen molar-refractivity contribution in [3.63, 3.8) is 0 Å². The van der Waals surface area contributed by atoms with Crippen LogP contribution in [0, 0.1) is 11.3 Å². The highest BCUT2D eigenvalue weighted by Crippen LogP contribution is 2.51. The molecule has 1 atom stereocenters. The minimum atomic E-state index is 0. The SMILES string of the molecule is CC1CCN(C2=NCCN2C)CC12CCC2.Cl. The van der Waals surface area contributed by atoms with Gasteiger partial charge >= 0.3 is 0 Å². The first-order chi connectivity index (χ1) is 7.71. The topological polar surface area (TPSA) is 18.8 Å². The molecule has 98 valence electrons. The van der Waals surface area contributed by atoms with E-state index in [-0.39, 0.29) is 12.4 Å². The fourth-order valence-corrected chi connectivity index (χ4v) is 3.59. The van der Waals surface area contributed by atoms with Crippen molar-refractivity contribution in [1.29, 1.82) is 0 Å². The highest BCUT2D eigenvalue weighted by Gasteiger charge is 2.46. The lowest BCUT2D eigenvalue weighted by atomic mass is 9.59. The van der Waals surface area contributed by atoms with E-state index < -0.39 is 0 Å². The Morgan fingerprint density at radius 1 is 1.29 bits per heavy atom. The van der Waals surface area contributed by atoms with Gasteiger partial charge in [-0.05, 0) is 30.6 Å². The highest BCUT2D eigenvalue weighted by atomic mass is 35.5. The van der Waals surface area contributed by atoms with E-state index in [2.05, 4.69) is 28.8 Å². The Morgan fingerprint density at radius 2 is 2.06 bits per heavy atom. The molecule has 1 spiro atoms. The van der Waals surface area contributed by atoms with Crippen LogP contribution in [-0.2, 0) is 0 Å². The molecule has 1 aliphatic carbocycles. The normalized spacial score (nSPS) is 30.9. The standard InChI is InChI=1S/C13H23N3.ClH/c1-11-4-8-16(10-13(11)5-3-6-13)12-14-7-9-15(12)2;/h11H,3-10H2,1-2H3;1H. The molecule has 0 radical (unpaired) electrons. The molecular weight excluding hydrogens is 234 g/mol. The minimum absolute atomic E-state index is 0. The van der Waals surface area contributed by atoms with Gasteiger partial charge in [0.05, 0.1) is 6.54 Å². The van der Waals surface area contributed by atoms with Crippen LogP contribution >= 0.6 is 12.4 Å². The van der Waals surface area contributed by atoms with Gasteiger partial charge in [-0.3, -0.25) is 4.99 Å². The van der Waals surface area contributed by atoms with Crippen molar-refractivity contribution in [2.45, 2.75) is 32.6 Å². The second kappa shape index (κ2) is 4.68. The van der Waals surface area contributed by atoms with Gasteiger partial charge in [0.15, 0.2) is 5.96 Å². The molecular formula is C13H24ClN3. The van der Waals surface area contributed by atoms with Gasteiger partial charge in [-0.2, -0.15) is 0 Å². The summed E-state index contributed by atoms with van der Waals surface area (Å²) in [4.78, 5) is 9.53. The van der Waals surface area contributed by atoms with Crippen LogP contribution in [-0.4, -0.2) is 49.0 Å². The minimum Gasteiger partial charge on any atom is -0.344 e. The monoisotopic (exact) mass is 257 g/mol. The second-order valence-electron chi connectivity index (χ2n) is 5.93. The van der Waals surface area contributed by atoms with Gasteiger partial charge < -0.3 is 9.80 Å². The van der Waals surface area contributed by atoms with Crippen LogP contribution in [0.2, 0.25) is 0 Å². The molecule has 0 aromatic heterocycles. The summed E-state index contributed by atoms with van der Waals surface area (Å²) < 4.78 is 0. The van der Waals surface area contributed by atoms with Crippen molar-refractivity contribution < 1.29 is 0 Å². The summed E-state index contributed by atoms with van der Waals surface area (Å²) in [5.74, 6) is 2.18. The molecule has 1 saturated heterocycles. The third-order valence-corrected chi connectivity index (χ3v) is 5.05. The molecule has 2 fully saturated rings. The molecule has 0 aromatic rings. The third-order valence-electron chi connectivity index (χ3n) is 5.05. The summed E-state index contributed by atoms with van der Waals surface area (Å²) in [6, 6.07) is 0. The molecule has 1 unspecified atom stereocenters. The molecule has 2 aliphatic heterocycles. The Hall–Kier alpha value is -0.440. The molecule has 4 heteroatoms. The Bertz CT molecular complexity index is 312. The summed E-state index contributed by atoms with van der Waals surface area (Å²) >= 11 is 0. The van der Waals surface area contributed by atoms with E-state index in [1.165, 1.54) is 44.7 Å². The van der Waals surface area contributed by atoms with Crippen LogP contribution in [0.15, 0.2) is 4.99 Å². The number of nitrogens with zero attached hydrogens (tertiary/aromatic N) is 3. The van der Waals surface area contributed by atoms with Crippen molar-refractivity contribution in [2.75, 3.05) is 33.2 Å². The van der Waals surface area contributed by atoms with Crippen molar-refractivity contribution in [3.05, 3.63) is 0 Å². The van der Waals surface area contributed by atoms with E-state index in [0.29, 0.717) is 5.41 Å². The lowest BCUT2D eigenvalue weighted by molar-refractivity contribution is -0.00674. The zero-order chi connectivity index (χ0) is 11.2. The van der Waals surface area contributed by atoms with Crippen LogP contribution in [0.4, 0.5) is 0 Å². The summed E-state index contributed by atoms with van der Waals surface area (Å²) in [5.41, 5.74) is 0.643. The van der Waals surface area contributed by atoms with E-state index in [1.54, 1.807) is 0 Å². The molecule has 3 nitrogen and oxygen atoms in total. The number of likely N-dealkylation sites (tertiary alicyclic amines) is 1. The molecule has 0 amide bonds. The van der Waals surface area contributed by atoms with Crippen LogP contribution in [0.1, 0.15) is 32.6 Å². The van der Waals surface area contributed by atoms with Crippen molar-refractivity contribution in [2.24, 2.45) is 16.3 Å². The maximum atomic E-state index is 4.66. The van der Waals surface area contributed by atoms with Crippen LogP contribution in [0.3, 0.4) is 0 Å². The number of likely N-dealkylation sites (N-methyl/N-ethyl adjacent to an activating group) is 1. The van der Waals surface area contributed by atoms with E-state index in [4.69, 9.17) is 0 Å². The molecule has 3 rings (SSSR count). The first-order valence-electron chi connectivity index (χ1n) is 6.72. The largest absolute Gasteiger partial charge is 0.344 e. The molecule has 17 heavy (non-hydrogen) atoms. The van der Waals surface area contributed by atoms with E-state index in [1.807, 2.05) is 0 Å². The number of hydrogen-bond acceptors (Lipinski definition) is 3. The predicted octanol–water partition coefficient (Wildman–Crippen LogP) is 2.22. The number of hydrogen-bond donors (Lipinski definition) is 0. The van der Waals surface area contributed by atoms with Crippen LogP contribution in [0.25, 0.3) is 0 Å². The van der Waals surface area contributed by atoms with Gasteiger partial charge in [-0.15, -0.1) is 12.4 Å². The van der Waals surface area contributed by atoms with Crippen LogP contribution in [0.5, 0.6) is 0 Å². The van der Waals surface area contributed by atoms with Gasteiger partial charge in [0.2, 0.25) is 0 Å². The quantitative estimate of drug-likeness (QED) is 0.663. The summed E-state index contributed by atoms with van der Waals surface area (Å²) in [7, 11) is 2.18. The average molecular weight is 258 g/mol. The Kier molecular flexibility index (Phi) is 3.58.